The first kappa shape index (κ1) is 16.2. The van der Waals surface area contributed by atoms with Crippen LogP contribution in [0.25, 0.3) is 11.0 Å². The number of benzene rings is 1. The van der Waals surface area contributed by atoms with E-state index in [1.54, 1.807) is 0 Å². The second-order valence-corrected chi connectivity index (χ2v) is 6.68. The fraction of sp³-hybridized carbons (Fsp3) is 0.400. The zero-order valence-corrected chi connectivity index (χ0v) is 14.5. The molecule has 1 atom stereocenters. The predicted octanol–water partition coefficient (Wildman–Crippen LogP) is 2.95. The number of fused-ring (bicyclic) bond motifs is 2. The zero-order chi connectivity index (χ0) is 17.1. The summed E-state index contributed by atoms with van der Waals surface area (Å²) < 4.78 is 2.30. The Balaban J connectivity index is 1.57. The van der Waals surface area contributed by atoms with Crippen molar-refractivity contribution in [3.63, 3.8) is 0 Å². The molecule has 0 saturated heterocycles. The van der Waals surface area contributed by atoms with Gasteiger partial charge in [-0.3, -0.25) is 4.98 Å². The first-order chi connectivity index (χ1) is 12.4. The summed E-state index contributed by atoms with van der Waals surface area (Å²) in [5.41, 5.74) is 10.6. The number of aryl methyl sites for hydroxylation is 2. The minimum Gasteiger partial charge on any atom is -0.330 e. The molecule has 5 heteroatoms. The van der Waals surface area contributed by atoms with E-state index in [9.17, 15) is 0 Å². The summed E-state index contributed by atoms with van der Waals surface area (Å²) in [6.07, 6.45) is 6.33. The molecule has 0 aliphatic heterocycles. The molecule has 1 aliphatic rings. The first-order valence-corrected chi connectivity index (χ1v) is 9.18. The predicted molar refractivity (Wildman–Crippen MR) is 100 cm³/mol. The number of para-hydroxylation sites is 2. The Bertz CT molecular complexity index is 854. The van der Waals surface area contributed by atoms with Gasteiger partial charge in [0.1, 0.15) is 5.82 Å². The van der Waals surface area contributed by atoms with Crippen molar-refractivity contribution in [1.29, 1.82) is 0 Å². The van der Waals surface area contributed by atoms with Gasteiger partial charge in [0.05, 0.1) is 29.3 Å². The summed E-state index contributed by atoms with van der Waals surface area (Å²) in [7, 11) is 0. The van der Waals surface area contributed by atoms with Crippen LogP contribution in [0.1, 0.15) is 42.4 Å². The van der Waals surface area contributed by atoms with Gasteiger partial charge < -0.3 is 15.6 Å². The van der Waals surface area contributed by atoms with Crippen molar-refractivity contribution < 1.29 is 0 Å². The molecule has 3 N–H and O–H groups in total. The van der Waals surface area contributed by atoms with E-state index in [1.165, 1.54) is 23.2 Å². The monoisotopic (exact) mass is 335 g/mol. The standard InChI is InChI=1S/C20H25N5/c21-11-5-13-25-18-10-2-1-8-16(18)24-19(25)14-23-17-9-3-6-15-7-4-12-22-20(15)17/h1-2,4,7-8,10,12,17,23H,3,5-6,9,11,13-14,21H2. The largest absolute Gasteiger partial charge is 0.330 e. The summed E-state index contributed by atoms with van der Waals surface area (Å²) in [4.78, 5) is 9.47. The molecule has 5 nitrogen and oxygen atoms in total. The number of nitrogens with one attached hydrogen (secondary N) is 1. The van der Waals surface area contributed by atoms with E-state index in [2.05, 4.69) is 39.1 Å². The smallest absolute Gasteiger partial charge is 0.123 e. The van der Waals surface area contributed by atoms with Crippen molar-refractivity contribution in [2.24, 2.45) is 5.73 Å². The molecule has 1 aromatic carbocycles. The van der Waals surface area contributed by atoms with Crippen molar-refractivity contribution in [3.05, 3.63) is 59.7 Å². The molecule has 0 fully saturated rings. The summed E-state index contributed by atoms with van der Waals surface area (Å²) in [5, 5.41) is 3.69. The quantitative estimate of drug-likeness (QED) is 0.727. The molecule has 0 spiro atoms. The number of nitrogens with two attached hydrogens (primary N) is 1. The molecule has 0 radical (unpaired) electrons. The van der Waals surface area contributed by atoms with Crippen LogP contribution < -0.4 is 11.1 Å². The van der Waals surface area contributed by atoms with Gasteiger partial charge in [-0.2, -0.15) is 0 Å². The van der Waals surface area contributed by atoms with Crippen molar-refractivity contribution in [2.75, 3.05) is 6.54 Å². The highest BCUT2D eigenvalue weighted by Crippen LogP contribution is 2.28. The summed E-state index contributed by atoms with van der Waals surface area (Å²) >= 11 is 0. The number of nitrogens with zero attached hydrogens (tertiary/aromatic N) is 3. The van der Waals surface area contributed by atoms with Gasteiger partial charge in [0.25, 0.3) is 0 Å². The molecule has 1 unspecified atom stereocenters. The maximum atomic E-state index is 5.73. The maximum absolute atomic E-state index is 5.73. The maximum Gasteiger partial charge on any atom is 0.123 e. The van der Waals surface area contributed by atoms with Crippen LogP contribution >= 0.6 is 0 Å². The molecule has 2 heterocycles. The average molecular weight is 335 g/mol. The molecule has 130 valence electrons. The van der Waals surface area contributed by atoms with Crippen LogP contribution in [-0.2, 0) is 19.5 Å². The number of hydrogen-bond acceptors (Lipinski definition) is 4. The van der Waals surface area contributed by atoms with E-state index >= 15 is 0 Å². The van der Waals surface area contributed by atoms with Gasteiger partial charge in [-0.25, -0.2) is 4.98 Å². The Hall–Kier alpha value is -2.24. The zero-order valence-electron chi connectivity index (χ0n) is 14.5. The lowest BCUT2D eigenvalue weighted by molar-refractivity contribution is 0.436. The van der Waals surface area contributed by atoms with Gasteiger partial charge in [0.15, 0.2) is 0 Å². The number of aromatic nitrogens is 3. The van der Waals surface area contributed by atoms with Gasteiger partial charge >= 0.3 is 0 Å². The summed E-state index contributed by atoms with van der Waals surface area (Å²) in [6, 6.07) is 12.9. The third-order valence-corrected chi connectivity index (χ3v) is 5.02. The van der Waals surface area contributed by atoms with Crippen molar-refractivity contribution in [2.45, 2.75) is 44.8 Å². The number of hydrogen-bond donors (Lipinski definition) is 2. The van der Waals surface area contributed by atoms with Crippen molar-refractivity contribution in [1.82, 2.24) is 19.9 Å². The van der Waals surface area contributed by atoms with E-state index < -0.39 is 0 Å². The SMILES string of the molecule is NCCCn1c(CNC2CCCc3cccnc32)nc2ccccc21. The van der Waals surface area contributed by atoms with Crippen LogP contribution in [0, 0.1) is 0 Å². The minimum atomic E-state index is 0.313. The second-order valence-electron chi connectivity index (χ2n) is 6.68. The fourth-order valence-electron chi connectivity index (χ4n) is 3.78. The molecule has 1 aliphatic carbocycles. The van der Waals surface area contributed by atoms with E-state index in [0.717, 1.165) is 43.7 Å². The molecule has 4 rings (SSSR count). The Morgan fingerprint density at radius 1 is 1.20 bits per heavy atom. The highest BCUT2D eigenvalue weighted by molar-refractivity contribution is 5.75. The molecule has 0 saturated carbocycles. The highest BCUT2D eigenvalue weighted by Gasteiger charge is 2.21. The Morgan fingerprint density at radius 2 is 2.12 bits per heavy atom. The number of pyridine rings is 1. The lowest BCUT2D eigenvalue weighted by Gasteiger charge is -2.25. The molecule has 3 aromatic rings. The number of rotatable bonds is 6. The molecule has 0 amide bonds. The van der Waals surface area contributed by atoms with Crippen LogP contribution in [0.3, 0.4) is 0 Å². The second kappa shape index (κ2) is 7.33. The van der Waals surface area contributed by atoms with Crippen LogP contribution in [-0.4, -0.2) is 21.1 Å². The minimum absolute atomic E-state index is 0.313. The van der Waals surface area contributed by atoms with E-state index in [0.29, 0.717) is 12.6 Å². The van der Waals surface area contributed by atoms with Crippen LogP contribution in [0.2, 0.25) is 0 Å². The van der Waals surface area contributed by atoms with Crippen LogP contribution in [0.4, 0.5) is 0 Å². The van der Waals surface area contributed by atoms with Crippen LogP contribution in [0.5, 0.6) is 0 Å². The molecule has 2 aromatic heterocycles. The lowest BCUT2D eigenvalue weighted by atomic mass is 9.92. The van der Waals surface area contributed by atoms with E-state index in [-0.39, 0.29) is 0 Å². The molecule has 0 bridgehead atoms. The summed E-state index contributed by atoms with van der Waals surface area (Å²) in [6.45, 7) is 2.35. The molecular formula is C20H25N5. The highest BCUT2D eigenvalue weighted by atomic mass is 15.1. The van der Waals surface area contributed by atoms with Gasteiger partial charge in [0.2, 0.25) is 0 Å². The van der Waals surface area contributed by atoms with Gasteiger partial charge in [0, 0.05) is 12.7 Å². The Morgan fingerprint density at radius 3 is 3.04 bits per heavy atom. The normalized spacial score (nSPS) is 16.9. The third kappa shape index (κ3) is 3.30. The Kier molecular flexibility index (Phi) is 4.76. The van der Waals surface area contributed by atoms with E-state index in [4.69, 9.17) is 10.7 Å². The number of imidazole rings is 1. The van der Waals surface area contributed by atoms with Gasteiger partial charge in [-0.1, -0.05) is 18.2 Å². The topological polar surface area (TPSA) is 68.8 Å². The Labute approximate surface area is 148 Å². The van der Waals surface area contributed by atoms with E-state index in [1.807, 2.05) is 18.3 Å². The average Bonchev–Trinajstić information content (AvgIpc) is 3.02. The fourth-order valence-corrected chi connectivity index (χ4v) is 3.78. The lowest BCUT2D eigenvalue weighted by Crippen LogP contribution is -2.27. The first-order valence-electron chi connectivity index (χ1n) is 9.18. The molecular weight excluding hydrogens is 310 g/mol. The van der Waals surface area contributed by atoms with Gasteiger partial charge in [-0.05, 0) is 56.0 Å². The van der Waals surface area contributed by atoms with Crippen molar-refractivity contribution in [3.8, 4) is 0 Å². The summed E-state index contributed by atoms with van der Waals surface area (Å²) in [5.74, 6) is 1.08. The van der Waals surface area contributed by atoms with Crippen LogP contribution in [0.15, 0.2) is 42.6 Å². The molecule has 25 heavy (non-hydrogen) atoms. The van der Waals surface area contributed by atoms with Gasteiger partial charge in [-0.15, -0.1) is 0 Å². The van der Waals surface area contributed by atoms with Crippen molar-refractivity contribution >= 4 is 11.0 Å². The third-order valence-electron chi connectivity index (χ3n) is 5.02.